The van der Waals surface area contributed by atoms with E-state index in [1.54, 1.807) is 0 Å². The summed E-state index contributed by atoms with van der Waals surface area (Å²) in [5.41, 5.74) is 0.714. The van der Waals surface area contributed by atoms with E-state index in [2.05, 4.69) is 0 Å². The highest BCUT2D eigenvalue weighted by atomic mass is 19.1. The first kappa shape index (κ1) is 14.5. The van der Waals surface area contributed by atoms with Gasteiger partial charge in [-0.2, -0.15) is 0 Å². The van der Waals surface area contributed by atoms with Crippen molar-refractivity contribution in [3.05, 3.63) is 29.6 Å². The topological polar surface area (TPSA) is 58.9 Å². The van der Waals surface area contributed by atoms with Crippen molar-refractivity contribution < 1.29 is 23.9 Å². The minimum Gasteiger partial charge on any atom is -0.423 e. The lowest BCUT2D eigenvalue weighted by Crippen LogP contribution is -2.30. The van der Waals surface area contributed by atoms with Crippen molar-refractivity contribution in [2.24, 2.45) is 0 Å². The molecule has 104 valence electrons. The van der Waals surface area contributed by atoms with Gasteiger partial charge in [-0.3, -0.25) is 0 Å². The molecule has 1 saturated heterocycles. The Morgan fingerprint density at radius 2 is 2.16 bits per heavy atom. The molecule has 1 aliphatic heterocycles. The Labute approximate surface area is 112 Å². The Morgan fingerprint density at radius 3 is 2.84 bits per heavy atom. The lowest BCUT2D eigenvalue weighted by molar-refractivity contribution is -0.0447. The van der Waals surface area contributed by atoms with Gasteiger partial charge in [0.25, 0.3) is 0 Å². The molecule has 0 saturated carbocycles. The molecule has 6 heteroatoms. The van der Waals surface area contributed by atoms with Crippen LogP contribution in [0.4, 0.5) is 4.39 Å². The molecule has 1 aromatic rings. The Morgan fingerprint density at radius 1 is 1.32 bits per heavy atom. The van der Waals surface area contributed by atoms with Gasteiger partial charge in [0.2, 0.25) is 0 Å². The lowest BCUT2D eigenvalue weighted by atomic mass is 9.79. The summed E-state index contributed by atoms with van der Waals surface area (Å²) in [6.45, 7) is 1.49. The predicted molar refractivity (Wildman–Crippen MR) is 69.5 cm³/mol. The number of benzene rings is 1. The standard InChI is InChI=1S/C13H18BFO4/c15-12-6-10(5-11(7-12)14(16)17)8-18-9-13-3-1-2-4-19-13/h5-7,13,16-17H,1-4,8-9H2. The van der Waals surface area contributed by atoms with Crippen molar-refractivity contribution in [1.29, 1.82) is 0 Å². The maximum absolute atomic E-state index is 13.3. The molecule has 0 aromatic heterocycles. The Hall–Kier alpha value is -0.945. The van der Waals surface area contributed by atoms with E-state index in [-0.39, 0.29) is 18.2 Å². The molecule has 0 spiro atoms. The predicted octanol–water partition coefficient (Wildman–Crippen LogP) is 0.591. The smallest absolute Gasteiger partial charge is 0.423 e. The van der Waals surface area contributed by atoms with Crippen LogP contribution in [0.5, 0.6) is 0 Å². The first-order chi connectivity index (χ1) is 9.15. The van der Waals surface area contributed by atoms with Crippen molar-refractivity contribution in [3.8, 4) is 0 Å². The van der Waals surface area contributed by atoms with Crippen LogP contribution in [0.2, 0.25) is 0 Å². The second-order valence-electron chi connectivity index (χ2n) is 4.77. The zero-order valence-corrected chi connectivity index (χ0v) is 10.7. The van der Waals surface area contributed by atoms with Crippen LogP contribution in [-0.4, -0.2) is 36.5 Å². The van der Waals surface area contributed by atoms with Gasteiger partial charge in [-0.25, -0.2) is 4.39 Å². The maximum atomic E-state index is 13.3. The number of halogens is 1. The lowest BCUT2D eigenvalue weighted by Gasteiger charge is -2.22. The van der Waals surface area contributed by atoms with Crippen LogP contribution in [0, 0.1) is 5.82 Å². The van der Waals surface area contributed by atoms with Gasteiger partial charge in [-0.1, -0.05) is 6.07 Å². The number of rotatable bonds is 5. The van der Waals surface area contributed by atoms with Crippen molar-refractivity contribution in [2.45, 2.75) is 32.0 Å². The molecule has 1 heterocycles. The Bertz CT molecular complexity index is 408. The summed E-state index contributed by atoms with van der Waals surface area (Å²) in [6, 6.07) is 3.95. The molecule has 0 aliphatic carbocycles. The highest BCUT2D eigenvalue weighted by Crippen LogP contribution is 2.13. The second-order valence-corrected chi connectivity index (χ2v) is 4.77. The fourth-order valence-electron chi connectivity index (χ4n) is 2.15. The molecule has 4 nitrogen and oxygen atoms in total. The molecular weight excluding hydrogens is 250 g/mol. The summed E-state index contributed by atoms with van der Waals surface area (Å²) >= 11 is 0. The van der Waals surface area contributed by atoms with E-state index in [4.69, 9.17) is 19.5 Å². The van der Waals surface area contributed by atoms with Gasteiger partial charge in [-0.15, -0.1) is 0 Å². The Balaban J connectivity index is 1.84. The van der Waals surface area contributed by atoms with E-state index < -0.39 is 12.9 Å². The van der Waals surface area contributed by atoms with E-state index in [0.29, 0.717) is 12.2 Å². The average Bonchev–Trinajstić information content (AvgIpc) is 2.39. The van der Waals surface area contributed by atoms with E-state index in [1.807, 2.05) is 0 Å². The van der Waals surface area contributed by atoms with Gasteiger partial charge < -0.3 is 19.5 Å². The molecule has 1 aromatic carbocycles. The van der Waals surface area contributed by atoms with Crippen LogP contribution < -0.4 is 5.46 Å². The maximum Gasteiger partial charge on any atom is 0.488 e. The van der Waals surface area contributed by atoms with E-state index in [0.717, 1.165) is 31.9 Å². The molecule has 0 radical (unpaired) electrons. The summed E-state index contributed by atoms with van der Waals surface area (Å²) < 4.78 is 24.3. The number of hydrogen-bond donors (Lipinski definition) is 2. The zero-order valence-electron chi connectivity index (χ0n) is 10.7. The first-order valence-electron chi connectivity index (χ1n) is 6.50. The van der Waals surface area contributed by atoms with E-state index in [1.165, 1.54) is 12.1 Å². The molecular formula is C13H18BFO4. The van der Waals surface area contributed by atoms with Crippen LogP contribution in [0.15, 0.2) is 18.2 Å². The molecule has 0 amide bonds. The van der Waals surface area contributed by atoms with Crippen LogP contribution >= 0.6 is 0 Å². The molecule has 1 aliphatic rings. The quantitative estimate of drug-likeness (QED) is 0.767. The van der Waals surface area contributed by atoms with Crippen molar-refractivity contribution in [1.82, 2.24) is 0 Å². The SMILES string of the molecule is OB(O)c1cc(F)cc(COCC2CCCCO2)c1. The summed E-state index contributed by atoms with van der Waals surface area (Å²) in [5, 5.41) is 18.1. The van der Waals surface area contributed by atoms with Crippen LogP contribution in [0.25, 0.3) is 0 Å². The molecule has 0 bridgehead atoms. The third-order valence-electron chi connectivity index (χ3n) is 3.12. The van der Waals surface area contributed by atoms with Gasteiger partial charge in [0.15, 0.2) is 0 Å². The zero-order chi connectivity index (χ0) is 13.7. The van der Waals surface area contributed by atoms with Gasteiger partial charge in [0.1, 0.15) is 5.82 Å². The molecule has 19 heavy (non-hydrogen) atoms. The largest absolute Gasteiger partial charge is 0.488 e. The monoisotopic (exact) mass is 268 g/mol. The van der Waals surface area contributed by atoms with Crippen molar-refractivity contribution in [2.75, 3.05) is 13.2 Å². The summed E-state index contributed by atoms with van der Waals surface area (Å²) in [4.78, 5) is 0. The summed E-state index contributed by atoms with van der Waals surface area (Å²) in [5.74, 6) is -0.502. The van der Waals surface area contributed by atoms with Gasteiger partial charge in [0, 0.05) is 6.61 Å². The van der Waals surface area contributed by atoms with E-state index >= 15 is 0 Å². The minimum absolute atomic E-state index is 0.116. The molecule has 2 N–H and O–H groups in total. The van der Waals surface area contributed by atoms with Crippen molar-refractivity contribution in [3.63, 3.8) is 0 Å². The molecule has 1 atom stereocenters. The minimum atomic E-state index is -1.67. The normalized spacial score (nSPS) is 19.4. The van der Waals surface area contributed by atoms with E-state index in [9.17, 15) is 4.39 Å². The second kappa shape index (κ2) is 7.00. The highest BCUT2D eigenvalue weighted by molar-refractivity contribution is 6.58. The average molecular weight is 268 g/mol. The van der Waals surface area contributed by atoms with Gasteiger partial charge in [-0.05, 0) is 42.4 Å². The van der Waals surface area contributed by atoms with Gasteiger partial charge >= 0.3 is 7.12 Å². The number of hydrogen-bond acceptors (Lipinski definition) is 4. The Kier molecular flexibility index (Phi) is 5.33. The summed E-state index contributed by atoms with van der Waals surface area (Å²) in [6.07, 6.45) is 3.35. The molecule has 1 unspecified atom stereocenters. The first-order valence-corrected chi connectivity index (χ1v) is 6.50. The fourth-order valence-corrected chi connectivity index (χ4v) is 2.15. The summed E-state index contributed by atoms with van der Waals surface area (Å²) in [7, 11) is -1.67. The van der Waals surface area contributed by atoms with Crippen LogP contribution in [-0.2, 0) is 16.1 Å². The molecule has 1 fully saturated rings. The molecule has 2 rings (SSSR count). The third-order valence-corrected chi connectivity index (χ3v) is 3.12. The number of ether oxygens (including phenoxy) is 2. The van der Waals surface area contributed by atoms with Crippen LogP contribution in [0.1, 0.15) is 24.8 Å². The highest BCUT2D eigenvalue weighted by Gasteiger charge is 2.15. The van der Waals surface area contributed by atoms with Gasteiger partial charge in [0.05, 0.1) is 19.3 Å². The fraction of sp³-hybridized carbons (Fsp3) is 0.538. The van der Waals surface area contributed by atoms with Crippen LogP contribution in [0.3, 0.4) is 0 Å². The third kappa shape index (κ3) is 4.58. The van der Waals surface area contributed by atoms with Crippen molar-refractivity contribution >= 4 is 12.6 Å².